The van der Waals surface area contributed by atoms with Gasteiger partial charge in [0.05, 0.1) is 30.1 Å². The molecule has 2 rings (SSSR count). The summed E-state index contributed by atoms with van der Waals surface area (Å²) >= 11 is 0. The number of hydrogen-bond donors (Lipinski definition) is 2. The maximum absolute atomic E-state index is 11.4. The predicted molar refractivity (Wildman–Crippen MR) is 84.0 cm³/mol. The van der Waals surface area contributed by atoms with Gasteiger partial charge in [-0.2, -0.15) is 5.26 Å². The van der Waals surface area contributed by atoms with Crippen LogP contribution in [0.4, 0.5) is 17.1 Å². The van der Waals surface area contributed by atoms with Gasteiger partial charge in [0.2, 0.25) is 10.0 Å². The molecule has 5 nitrogen and oxygen atoms in total. The zero-order valence-electron chi connectivity index (χ0n) is 11.5. The van der Waals surface area contributed by atoms with Crippen LogP contribution in [0.5, 0.6) is 0 Å². The van der Waals surface area contributed by atoms with Gasteiger partial charge in [0, 0.05) is 5.69 Å². The van der Waals surface area contributed by atoms with E-state index in [1.165, 1.54) is 0 Å². The van der Waals surface area contributed by atoms with E-state index < -0.39 is 10.0 Å². The van der Waals surface area contributed by atoms with E-state index in [0.717, 1.165) is 17.5 Å². The molecule has 0 fully saturated rings. The van der Waals surface area contributed by atoms with Crippen LogP contribution in [0.25, 0.3) is 0 Å². The molecule has 0 aromatic heterocycles. The Kier molecular flexibility index (Phi) is 4.45. The number of anilines is 3. The van der Waals surface area contributed by atoms with Crippen LogP contribution in [0.15, 0.2) is 48.5 Å². The van der Waals surface area contributed by atoms with E-state index in [4.69, 9.17) is 5.26 Å². The zero-order valence-corrected chi connectivity index (χ0v) is 12.3. The first-order chi connectivity index (χ1) is 9.98. The Labute approximate surface area is 124 Å². The highest BCUT2D eigenvalue weighted by molar-refractivity contribution is 7.92. The first-order valence-electron chi connectivity index (χ1n) is 6.28. The summed E-state index contributed by atoms with van der Waals surface area (Å²) in [4.78, 5) is 0. The number of nitriles is 1. The minimum absolute atomic E-state index is 0.368. The van der Waals surface area contributed by atoms with E-state index in [1.807, 2.05) is 30.3 Å². The fourth-order valence-corrected chi connectivity index (χ4v) is 2.41. The maximum atomic E-state index is 11.4. The average molecular weight is 301 g/mol. The molecule has 0 aliphatic rings. The second-order valence-corrected chi connectivity index (χ2v) is 6.33. The molecule has 0 aliphatic carbocycles. The second-order valence-electron chi connectivity index (χ2n) is 4.58. The van der Waals surface area contributed by atoms with E-state index in [-0.39, 0.29) is 0 Å². The normalized spacial score (nSPS) is 10.7. The summed E-state index contributed by atoms with van der Waals surface area (Å²) in [6.07, 6.45) is 1.48. The van der Waals surface area contributed by atoms with E-state index in [1.54, 1.807) is 18.2 Å². The van der Waals surface area contributed by atoms with Crippen molar-refractivity contribution in [1.29, 1.82) is 5.26 Å². The largest absolute Gasteiger partial charge is 0.354 e. The molecule has 21 heavy (non-hydrogen) atoms. The van der Waals surface area contributed by atoms with Crippen molar-refractivity contribution in [2.45, 2.75) is 6.42 Å². The zero-order chi connectivity index (χ0) is 15.3. The summed E-state index contributed by atoms with van der Waals surface area (Å²) in [6.45, 7) is 0. The van der Waals surface area contributed by atoms with Crippen molar-refractivity contribution < 1.29 is 8.42 Å². The first kappa shape index (κ1) is 14.9. The van der Waals surface area contributed by atoms with Gasteiger partial charge in [0.1, 0.15) is 0 Å². The Morgan fingerprint density at radius 3 is 2.24 bits per heavy atom. The van der Waals surface area contributed by atoms with Crippen molar-refractivity contribution in [1.82, 2.24) is 0 Å². The maximum Gasteiger partial charge on any atom is 0.229 e. The highest BCUT2D eigenvalue weighted by atomic mass is 32.2. The summed E-state index contributed by atoms with van der Waals surface area (Å²) in [5.41, 5.74) is 2.90. The number of hydrogen-bond acceptors (Lipinski definition) is 4. The molecule has 2 aromatic rings. The lowest BCUT2D eigenvalue weighted by Crippen LogP contribution is -2.10. The molecule has 0 unspecified atom stereocenters. The number of benzene rings is 2. The monoisotopic (exact) mass is 301 g/mol. The molecule has 0 aliphatic heterocycles. The number of rotatable bonds is 5. The molecule has 0 amide bonds. The molecular formula is C15H15N3O2S. The van der Waals surface area contributed by atoms with Crippen LogP contribution in [0.3, 0.4) is 0 Å². The van der Waals surface area contributed by atoms with Gasteiger partial charge in [-0.05, 0) is 29.8 Å². The van der Waals surface area contributed by atoms with Crippen molar-refractivity contribution in [3.8, 4) is 6.07 Å². The van der Waals surface area contributed by atoms with Crippen molar-refractivity contribution in [3.63, 3.8) is 0 Å². The van der Waals surface area contributed by atoms with Gasteiger partial charge in [0.25, 0.3) is 0 Å². The van der Waals surface area contributed by atoms with Crippen LogP contribution in [-0.2, 0) is 16.4 Å². The molecule has 0 saturated carbocycles. The van der Waals surface area contributed by atoms with Gasteiger partial charge in [-0.1, -0.05) is 24.3 Å². The first-order valence-corrected chi connectivity index (χ1v) is 8.17. The van der Waals surface area contributed by atoms with E-state index in [2.05, 4.69) is 16.1 Å². The van der Waals surface area contributed by atoms with E-state index in [0.29, 0.717) is 17.8 Å². The Morgan fingerprint density at radius 2 is 1.67 bits per heavy atom. The molecule has 0 atom stereocenters. The van der Waals surface area contributed by atoms with E-state index >= 15 is 0 Å². The molecule has 2 N–H and O–H groups in total. The third kappa shape index (κ3) is 4.51. The quantitative estimate of drug-likeness (QED) is 0.889. The van der Waals surface area contributed by atoms with Crippen LogP contribution in [0.1, 0.15) is 5.56 Å². The molecule has 0 saturated heterocycles. The fourth-order valence-electron chi connectivity index (χ4n) is 1.83. The van der Waals surface area contributed by atoms with Gasteiger partial charge >= 0.3 is 0 Å². The molecule has 0 bridgehead atoms. The molecule has 2 aromatic carbocycles. The highest BCUT2D eigenvalue weighted by Crippen LogP contribution is 2.26. The smallest absolute Gasteiger partial charge is 0.229 e. The SMILES string of the molecule is CS(=O)(=O)Nc1ccccc1Nc1ccc(CC#N)cc1. The standard InChI is InChI=1S/C15H15N3O2S/c1-21(19,20)18-15-5-3-2-4-14(15)17-13-8-6-12(7-9-13)10-11-16/h2-9,17-18H,10H2,1H3. The number of para-hydroxylation sites is 2. The summed E-state index contributed by atoms with van der Waals surface area (Å²) in [5.74, 6) is 0. The molecular weight excluding hydrogens is 286 g/mol. The van der Waals surface area contributed by atoms with Gasteiger partial charge < -0.3 is 5.32 Å². The van der Waals surface area contributed by atoms with Crippen molar-refractivity contribution >= 4 is 27.1 Å². The summed E-state index contributed by atoms with van der Waals surface area (Å²) in [7, 11) is -3.33. The Morgan fingerprint density at radius 1 is 1.05 bits per heavy atom. The summed E-state index contributed by atoms with van der Waals surface area (Å²) in [5, 5.41) is 11.8. The number of nitrogens with zero attached hydrogens (tertiary/aromatic N) is 1. The fraction of sp³-hybridized carbons (Fsp3) is 0.133. The molecule has 0 heterocycles. The summed E-state index contributed by atoms with van der Waals surface area (Å²) < 4.78 is 25.2. The van der Waals surface area contributed by atoms with Gasteiger partial charge in [-0.25, -0.2) is 8.42 Å². The van der Waals surface area contributed by atoms with Crippen molar-refractivity contribution in [2.75, 3.05) is 16.3 Å². The van der Waals surface area contributed by atoms with Crippen LogP contribution < -0.4 is 10.0 Å². The second kappa shape index (κ2) is 6.29. The van der Waals surface area contributed by atoms with Gasteiger partial charge in [-0.15, -0.1) is 0 Å². The number of sulfonamides is 1. The van der Waals surface area contributed by atoms with Crippen LogP contribution in [0.2, 0.25) is 0 Å². The lowest BCUT2D eigenvalue weighted by molar-refractivity contribution is 0.607. The Bertz CT molecular complexity index is 762. The van der Waals surface area contributed by atoms with Crippen LogP contribution >= 0.6 is 0 Å². The lowest BCUT2D eigenvalue weighted by Gasteiger charge is -2.13. The van der Waals surface area contributed by atoms with Crippen LogP contribution in [0, 0.1) is 11.3 Å². The minimum atomic E-state index is -3.33. The minimum Gasteiger partial charge on any atom is -0.354 e. The van der Waals surface area contributed by atoms with Gasteiger partial charge in [-0.3, -0.25) is 4.72 Å². The topological polar surface area (TPSA) is 82.0 Å². The lowest BCUT2D eigenvalue weighted by atomic mass is 10.1. The predicted octanol–water partition coefficient (Wildman–Crippen LogP) is 2.87. The molecule has 0 radical (unpaired) electrons. The van der Waals surface area contributed by atoms with E-state index in [9.17, 15) is 8.42 Å². The van der Waals surface area contributed by atoms with Crippen LogP contribution in [-0.4, -0.2) is 14.7 Å². The van der Waals surface area contributed by atoms with Crippen molar-refractivity contribution in [2.24, 2.45) is 0 Å². The average Bonchev–Trinajstić information content (AvgIpc) is 2.42. The molecule has 0 spiro atoms. The molecule has 6 heteroatoms. The highest BCUT2D eigenvalue weighted by Gasteiger charge is 2.07. The third-order valence-electron chi connectivity index (χ3n) is 2.74. The number of nitrogens with one attached hydrogen (secondary N) is 2. The van der Waals surface area contributed by atoms with Gasteiger partial charge in [0.15, 0.2) is 0 Å². The Hall–Kier alpha value is -2.52. The van der Waals surface area contributed by atoms with Crippen molar-refractivity contribution in [3.05, 3.63) is 54.1 Å². The third-order valence-corrected chi connectivity index (χ3v) is 3.33. The summed E-state index contributed by atoms with van der Waals surface area (Å²) in [6, 6.07) is 16.6. The molecule has 108 valence electrons. The Balaban J connectivity index is 2.21.